The van der Waals surface area contributed by atoms with E-state index in [2.05, 4.69) is 10.6 Å². The van der Waals surface area contributed by atoms with Crippen LogP contribution >= 0.6 is 11.8 Å². The molecule has 2 N–H and O–H groups in total. The topological polar surface area (TPSA) is 78.5 Å². The molecule has 6 nitrogen and oxygen atoms in total. The molecule has 33 heavy (non-hydrogen) atoms. The summed E-state index contributed by atoms with van der Waals surface area (Å²) in [4.78, 5) is 13.4. The molecule has 1 fully saturated rings. The van der Waals surface area contributed by atoms with Crippen molar-refractivity contribution in [2.24, 2.45) is 0 Å². The molecule has 0 unspecified atom stereocenters. The smallest absolute Gasteiger partial charge is 0.288 e. The van der Waals surface area contributed by atoms with Crippen LogP contribution in [0.3, 0.4) is 0 Å². The lowest BCUT2D eigenvalue weighted by molar-refractivity contribution is 0.102. The minimum atomic E-state index is -3.26. The number of amides is 1. The Labute approximate surface area is 195 Å². The van der Waals surface area contributed by atoms with E-state index in [0.29, 0.717) is 57.9 Å². The minimum Gasteiger partial charge on any atom is -0.355 e. The van der Waals surface area contributed by atoms with E-state index < -0.39 is 15.8 Å². The molecule has 4 rings (SSSR count). The number of anilines is 4. The van der Waals surface area contributed by atoms with E-state index in [1.54, 1.807) is 72.8 Å². The van der Waals surface area contributed by atoms with Crippen LogP contribution < -0.4 is 14.9 Å². The van der Waals surface area contributed by atoms with Gasteiger partial charge in [-0.05, 0) is 67.1 Å². The number of halogens is 2. The van der Waals surface area contributed by atoms with Crippen molar-refractivity contribution < 1.29 is 22.0 Å². The van der Waals surface area contributed by atoms with Crippen molar-refractivity contribution in [2.75, 3.05) is 27.2 Å². The van der Waals surface area contributed by atoms with Gasteiger partial charge in [-0.25, -0.2) is 8.42 Å². The molecule has 1 aliphatic heterocycles. The molecule has 3 aromatic carbocycles. The first kappa shape index (κ1) is 23.1. The maximum Gasteiger partial charge on any atom is 0.288 e. The lowest BCUT2D eigenvalue weighted by Gasteiger charge is -2.17. The highest BCUT2D eigenvalue weighted by Gasteiger charge is 2.28. The number of carbonyl (C=O) groups is 1. The summed E-state index contributed by atoms with van der Waals surface area (Å²) in [6.45, 7) is 0.453. The van der Waals surface area contributed by atoms with Crippen LogP contribution in [-0.2, 0) is 10.0 Å². The molecule has 1 saturated heterocycles. The molecule has 0 spiro atoms. The third-order valence-electron chi connectivity index (χ3n) is 5.04. The number of thioether (sulfide) groups is 1. The van der Waals surface area contributed by atoms with Crippen LogP contribution in [0.2, 0.25) is 0 Å². The molecular weight excluding hydrogens is 468 g/mol. The fraction of sp³-hybridized carbons (Fsp3) is 0.174. The van der Waals surface area contributed by atoms with E-state index in [4.69, 9.17) is 0 Å². The summed E-state index contributed by atoms with van der Waals surface area (Å²) in [5.41, 5.74) is 2.72. The van der Waals surface area contributed by atoms with Gasteiger partial charge in [0.15, 0.2) is 0 Å². The Balaban J connectivity index is 1.46. The zero-order valence-corrected chi connectivity index (χ0v) is 19.0. The zero-order chi connectivity index (χ0) is 23.4. The van der Waals surface area contributed by atoms with E-state index in [0.717, 1.165) is 0 Å². The van der Waals surface area contributed by atoms with Gasteiger partial charge in [0.2, 0.25) is 10.0 Å². The Hall–Kier alpha value is -3.11. The average molecular weight is 490 g/mol. The average Bonchev–Trinajstić information content (AvgIpc) is 3.14. The highest BCUT2D eigenvalue weighted by atomic mass is 32.2. The third-order valence-corrected chi connectivity index (χ3v) is 7.63. The van der Waals surface area contributed by atoms with Gasteiger partial charge in [-0.3, -0.25) is 9.10 Å². The van der Waals surface area contributed by atoms with Gasteiger partial charge in [0.25, 0.3) is 11.7 Å². The fourth-order valence-corrected chi connectivity index (χ4v) is 5.57. The Morgan fingerprint density at radius 3 is 2.24 bits per heavy atom. The number of hydrogen-bond donors (Lipinski definition) is 2. The number of alkyl halides is 2. The molecule has 0 saturated carbocycles. The summed E-state index contributed by atoms with van der Waals surface area (Å²) in [7, 11) is -3.26. The standard InChI is InChI=1S/C23H21F2N3O3S2/c24-23(25)32-19-12-8-16(9-13-19)26-21-5-2-1-4-20(21)22(29)27-17-6-10-18(11-7-17)28-14-3-15-33(28,30)31/h1-2,4-13,23,26H,3,14-15H2,(H,27,29). The number of hydrogen-bond acceptors (Lipinski definition) is 5. The number of nitrogens with one attached hydrogen (secondary N) is 2. The second kappa shape index (κ2) is 9.80. The van der Waals surface area contributed by atoms with Crippen molar-refractivity contribution in [2.45, 2.75) is 17.1 Å². The van der Waals surface area contributed by atoms with Gasteiger partial charge in [0.1, 0.15) is 0 Å². The van der Waals surface area contributed by atoms with E-state index in [9.17, 15) is 22.0 Å². The molecule has 172 valence electrons. The van der Waals surface area contributed by atoms with Crippen molar-refractivity contribution in [3.05, 3.63) is 78.4 Å². The van der Waals surface area contributed by atoms with Crippen LogP contribution in [0.4, 0.5) is 31.5 Å². The van der Waals surface area contributed by atoms with Gasteiger partial charge in [-0.2, -0.15) is 8.78 Å². The minimum absolute atomic E-state index is 0.142. The highest BCUT2D eigenvalue weighted by molar-refractivity contribution is 7.99. The molecule has 1 heterocycles. The third kappa shape index (κ3) is 5.63. The summed E-state index contributed by atoms with van der Waals surface area (Å²) >= 11 is 0.470. The van der Waals surface area contributed by atoms with Crippen LogP contribution in [0.25, 0.3) is 0 Å². The van der Waals surface area contributed by atoms with Gasteiger partial charge in [0, 0.05) is 22.8 Å². The molecule has 0 aliphatic carbocycles. The summed E-state index contributed by atoms with van der Waals surface area (Å²) in [6, 6.07) is 20.1. The molecule has 10 heteroatoms. The number of nitrogens with zero attached hydrogens (tertiary/aromatic N) is 1. The Kier molecular flexibility index (Phi) is 6.85. The largest absolute Gasteiger partial charge is 0.355 e. The summed E-state index contributed by atoms with van der Waals surface area (Å²) in [6.07, 6.45) is 0.596. The number of benzene rings is 3. The normalized spacial score (nSPS) is 14.9. The molecule has 1 amide bonds. The highest BCUT2D eigenvalue weighted by Crippen LogP contribution is 2.29. The maximum atomic E-state index is 12.9. The van der Waals surface area contributed by atoms with Crippen LogP contribution in [-0.4, -0.2) is 32.4 Å². The Bertz CT molecular complexity index is 1230. The van der Waals surface area contributed by atoms with Gasteiger partial charge in [-0.15, -0.1) is 0 Å². The molecule has 0 aromatic heterocycles. The predicted molar refractivity (Wildman–Crippen MR) is 128 cm³/mol. The van der Waals surface area contributed by atoms with Crippen LogP contribution in [0.1, 0.15) is 16.8 Å². The van der Waals surface area contributed by atoms with Gasteiger partial charge in [-0.1, -0.05) is 23.9 Å². The number of sulfonamides is 1. The lowest BCUT2D eigenvalue weighted by atomic mass is 10.1. The van der Waals surface area contributed by atoms with Crippen molar-refractivity contribution in [1.29, 1.82) is 0 Å². The molecule has 0 radical (unpaired) electrons. The van der Waals surface area contributed by atoms with Crippen LogP contribution in [0.5, 0.6) is 0 Å². The van der Waals surface area contributed by atoms with Gasteiger partial charge >= 0.3 is 0 Å². The molecule has 3 aromatic rings. The van der Waals surface area contributed by atoms with E-state index in [1.807, 2.05) is 0 Å². The predicted octanol–water partition coefficient (Wildman–Crippen LogP) is 5.54. The monoisotopic (exact) mass is 489 g/mol. The van der Waals surface area contributed by atoms with Gasteiger partial charge in [0.05, 0.1) is 22.7 Å². The van der Waals surface area contributed by atoms with Gasteiger partial charge < -0.3 is 10.6 Å². The maximum absolute atomic E-state index is 12.9. The summed E-state index contributed by atoms with van der Waals surface area (Å²) < 4.78 is 50.5. The van der Waals surface area contributed by atoms with Crippen molar-refractivity contribution in [3.63, 3.8) is 0 Å². The quantitative estimate of drug-likeness (QED) is 0.426. The first-order valence-electron chi connectivity index (χ1n) is 10.1. The Morgan fingerprint density at radius 2 is 1.61 bits per heavy atom. The van der Waals surface area contributed by atoms with Crippen molar-refractivity contribution >= 4 is 50.4 Å². The van der Waals surface area contributed by atoms with E-state index in [-0.39, 0.29) is 11.7 Å². The van der Waals surface area contributed by atoms with E-state index >= 15 is 0 Å². The van der Waals surface area contributed by atoms with Crippen LogP contribution in [0.15, 0.2) is 77.7 Å². The summed E-state index contributed by atoms with van der Waals surface area (Å²) in [5.74, 6) is -2.69. The molecule has 0 bridgehead atoms. The first-order valence-corrected chi connectivity index (χ1v) is 12.6. The van der Waals surface area contributed by atoms with E-state index in [1.165, 1.54) is 4.31 Å². The van der Waals surface area contributed by atoms with Crippen molar-refractivity contribution in [1.82, 2.24) is 0 Å². The number of rotatable bonds is 7. The first-order chi connectivity index (χ1) is 15.8. The SMILES string of the molecule is O=C(Nc1ccc(N2CCCS2(=O)=O)cc1)c1ccccc1Nc1ccc(SC(F)F)cc1. The number of para-hydroxylation sites is 1. The zero-order valence-electron chi connectivity index (χ0n) is 17.4. The van der Waals surface area contributed by atoms with Crippen LogP contribution in [0, 0.1) is 0 Å². The lowest BCUT2D eigenvalue weighted by Crippen LogP contribution is -2.25. The summed E-state index contributed by atoms with van der Waals surface area (Å²) in [5, 5.41) is 5.96. The Morgan fingerprint density at radius 1 is 0.939 bits per heavy atom. The molecular formula is C23H21F2N3O3S2. The second-order valence-electron chi connectivity index (χ2n) is 7.32. The second-order valence-corrected chi connectivity index (χ2v) is 10.4. The van der Waals surface area contributed by atoms with Crippen molar-refractivity contribution in [3.8, 4) is 0 Å². The fourth-order valence-electron chi connectivity index (χ4n) is 3.50. The molecule has 1 aliphatic rings. The number of carbonyl (C=O) groups excluding carboxylic acids is 1. The molecule has 0 atom stereocenters.